The number of rotatable bonds is 12. The molecular formula is C46H56Si. The maximum absolute atomic E-state index is 2.70. The molecule has 2 atom stereocenters. The van der Waals surface area contributed by atoms with Crippen molar-refractivity contribution in [2.45, 2.75) is 104 Å². The average molecular weight is 637 g/mol. The molecule has 244 valence electrons. The van der Waals surface area contributed by atoms with Crippen LogP contribution in [0.25, 0.3) is 34.4 Å². The Morgan fingerprint density at radius 3 is 1.26 bits per heavy atom. The Kier molecular flexibility index (Phi) is 9.95. The average Bonchev–Trinajstić information content (AvgIpc) is 3.68. The summed E-state index contributed by atoms with van der Waals surface area (Å²) in [5, 5.41) is 0. The number of aryl methyl sites for hydroxylation is 2. The summed E-state index contributed by atoms with van der Waals surface area (Å²) in [5.41, 5.74) is 18.7. The summed E-state index contributed by atoms with van der Waals surface area (Å²) >= 11 is 0. The molecule has 0 bridgehead atoms. The zero-order chi connectivity index (χ0) is 33.3. The van der Waals surface area contributed by atoms with Crippen LogP contribution in [0.15, 0.2) is 96.1 Å². The molecule has 2 aliphatic carbocycles. The monoisotopic (exact) mass is 636 g/mol. The van der Waals surface area contributed by atoms with Crippen LogP contribution in [-0.4, -0.2) is 8.07 Å². The molecule has 0 spiro atoms. The third kappa shape index (κ3) is 6.41. The highest BCUT2D eigenvalue weighted by Gasteiger charge is 2.49. The molecule has 0 amide bonds. The van der Waals surface area contributed by atoms with Gasteiger partial charge in [0.1, 0.15) is 0 Å². The molecule has 4 aromatic carbocycles. The minimum absolute atomic E-state index is 0.487. The third-order valence-electron chi connectivity index (χ3n) is 11.2. The van der Waals surface area contributed by atoms with Crippen molar-refractivity contribution in [3.8, 4) is 22.3 Å². The van der Waals surface area contributed by atoms with Gasteiger partial charge >= 0.3 is 0 Å². The highest BCUT2D eigenvalue weighted by molar-refractivity contribution is 6.81. The van der Waals surface area contributed by atoms with Crippen LogP contribution >= 0.6 is 0 Å². The van der Waals surface area contributed by atoms with Crippen LogP contribution in [0.2, 0.25) is 13.1 Å². The normalized spacial score (nSPS) is 17.2. The van der Waals surface area contributed by atoms with E-state index in [2.05, 4.69) is 152 Å². The molecule has 0 aliphatic heterocycles. The van der Waals surface area contributed by atoms with Crippen LogP contribution in [0.5, 0.6) is 0 Å². The van der Waals surface area contributed by atoms with Gasteiger partial charge in [0.2, 0.25) is 0 Å². The highest BCUT2D eigenvalue weighted by Crippen LogP contribution is 2.56. The zero-order valence-corrected chi connectivity index (χ0v) is 31.3. The largest absolute Gasteiger partial charge is 0.0722 e. The maximum Gasteiger partial charge on any atom is 0.0722 e. The van der Waals surface area contributed by atoms with E-state index in [0.29, 0.717) is 22.9 Å². The van der Waals surface area contributed by atoms with Crippen molar-refractivity contribution < 1.29 is 0 Å². The molecule has 0 radical (unpaired) electrons. The van der Waals surface area contributed by atoms with E-state index < -0.39 is 8.07 Å². The minimum atomic E-state index is -2.02. The van der Waals surface area contributed by atoms with Crippen molar-refractivity contribution in [1.29, 1.82) is 0 Å². The Morgan fingerprint density at radius 2 is 0.915 bits per heavy atom. The number of unbranched alkanes of at least 4 members (excludes halogenated alkanes) is 2. The number of fused-ring (bicyclic) bond motifs is 2. The van der Waals surface area contributed by atoms with Gasteiger partial charge in [-0.3, -0.25) is 0 Å². The topological polar surface area (TPSA) is 0 Å². The van der Waals surface area contributed by atoms with Crippen molar-refractivity contribution in [2.24, 2.45) is 11.8 Å². The summed E-state index contributed by atoms with van der Waals surface area (Å²) in [6.07, 6.45) is 12.5. The van der Waals surface area contributed by atoms with E-state index in [-0.39, 0.29) is 0 Å². The van der Waals surface area contributed by atoms with E-state index in [9.17, 15) is 0 Å². The first-order valence-corrected chi connectivity index (χ1v) is 21.7. The SMILES string of the molecule is CCCCc1ccc(-c2cccc3c2C=C(C(C)C)C3[Si](C)(C)C2C(C(C)C)=Cc3c(-c4ccc(CCCC)cc4)cccc32)cc1. The van der Waals surface area contributed by atoms with Gasteiger partial charge in [0.25, 0.3) is 0 Å². The molecule has 2 unspecified atom stereocenters. The van der Waals surface area contributed by atoms with Crippen LogP contribution in [0.3, 0.4) is 0 Å². The molecule has 0 nitrogen and oxygen atoms in total. The molecule has 0 N–H and O–H groups in total. The number of allylic oxidation sites excluding steroid dienone is 2. The van der Waals surface area contributed by atoms with Gasteiger partial charge in [0.15, 0.2) is 0 Å². The van der Waals surface area contributed by atoms with Crippen molar-refractivity contribution in [3.05, 3.63) is 129 Å². The lowest BCUT2D eigenvalue weighted by atomic mass is 9.95. The second-order valence-electron chi connectivity index (χ2n) is 15.5. The molecule has 2 aliphatic rings. The van der Waals surface area contributed by atoms with Crippen molar-refractivity contribution in [2.75, 3.05) is 0 Å². The summed E-state index contributed by atoms with van der Waals surface area (Å²) in [7, 11) is -2.02. The van der Waals surface area contributed by atoms with Gasteiger partial charge in [-0.2, -0.15) is 0 Å². The standard InChI is InChI=1S/C46H56Si/c1-9-11-15-33-21-25-35(26-22-33)37-17-13-19-39-43(37)29-41(31(3)4)45(39)47(7,8)46-40-20-14-18-38(44(40)30-42(46)32(5)6)36-27-23-34(24-28-36)16-12-10-2/h13-14,17-32,45-46H,9-12,15-16H2,1-8H3. The van der Waals surface area contributed by atoms with Crippen LogP contribution in [0, 0.1) is 11.8 Å². The smallest absolute Gasteiger partial charge is 0.0679 e. The van der Waals surface area contributed by atoms with E-state index in [1.54, 1.807) is 22.3 Å². The molecule has 47 heavy (non-hydrogen) atoms. The lowest BCUT2D eigenvalue weighted by Gasteiger charge is -2.41. The maximum atomic E-state index is 2.70. The molecule has 0 fully saturated rings. The van der Waals surface area contributed by atoms with Crippen molar-refractivity contribution in [1.82, 2.24) is 0 Å². The van der Waals surface area contributed by atoms with Gasteiger partial charge in [-0.1, -0.05) is 176 Å². The van der Waals surface area contributed by atoms with Crippen molar-refractivity contribution >= 4 is 20.2 Å². The quantitative estimate of drug-likeness (QED) is 0.136. The van der Waals surface area contributed by atoms with Gasteiger partial charge in [-0.05, 0) is 93.2 Å². The first-order valence-electron chi connectivity index (χ1n) is 18.5. The van der Waals surface area contributed by atoms with Gasteiger partial charge in [0.05, 0.1) is 8.07 Å². The molecular weight excluding hydrogens is 581 g/mol. The Labute approximate surface area is 287 Å². The summed E-state index contributed by atoms with van der Waals surface area (Å²) in [6, 6.07) is 33.2. The molecule has 4 aromatic rings. The van der Waals surface area contributed by atoms with E-state index in [1.807, 2.05) is 0 Å². The predicted molar refractivity (Wildman–Crippen MR) is 210 cm³/mol. The molecule has 0 saturated heterocycles. The van der Waals surface area contributed by atoms with Gasteiger partial charge in [-0.25, -0.2) is 0 Å². The Morgan fingerprint density at radius 1 is 0.532 bits per heavy atom. The lowest BCUT2D eigenvalue weighted by molar-refractivity contribution is 0.709. The first-order chi connectivity index (χ1) is 22.6. The van der Waals surface area contributed by atoms with Crippen molar-refractivity contribution in [3.63, 3.8) is 0 Å². The molecule has 1 heteroatoms. The second kappa shape index (κ2) is 14.0. The Hall–Kier alpha value is -3.42. The Balaban J connectivity index is 1.42. The van der Waals surface area contributed by atoms with Crippen LogP contribution in [0.1, 0.15) is 112 Å². The van der Waals surface area contributed by atoms with Gasteiger partial charge < -0.3 is 0 Å². The zero-order valence-electron chi connectivity index (χ0n) is 30.3. The second-order valence-corrected chi connectivity index (χ2v) is 20.3. The van der Waals surface area contributed by atoms with Crippen LogP contribution in [0.4, 0.5) is 0 Å². The Bertz CT molecular complexity index is 1630. The highest BCUT2D eigenvalue weighted by atomic mass is 28.3. The van der Waals surface area contributed by atoms with Crippen LogP contribution in [-0.2, 0) is 12.8 Å². The molecule has 0 aromatic heterocycles. The van der Waals surface area contributed by atoms with Gasteiger partial charge in [0, 0.05) is 11.1 Å². The number of hydrogen-bond acceptors (Lipinski definition) is 0. The van der Waals surface area contributed by atoms with E-state index in [0.717, 1.165) is 0 Å². The summed E-state index contributed by atoms with van der Waals surface area (Å²) in [4.78, 5) is 0. The fraction of sp³-hybridized carbons (Fsp3) is 0.391. The summed E-state index contributed by atoms with van der Waals surface area (Å²) < 4.78 is 0. The third-order valence-corrected chi connectivity index (χ3v) is 15.4. The molecule has 0 heterocycles. The van der Waals surface area contributed by atoms with Crippen LogP contribution < -0.4 is 0 Å². The first kappa shape index (κ1) is 33.5. The summed E-state index contributed by atoms with van der Waals surface area (Å²) in [6.45, 7) is 19.6. The molecule has 6 rings (SSSR count). The fourth-order valence-corrected chi connectivity index (χ4v) is 13.6. The van der Waals surface area contributed by atoms with E-state index in [4.69, 9.17) is 0 Å². The minimum Gasteiger partial charge on any atom is -0.0679 e. The summed E-state index contributed by atoms with van der Waals surface area (Å²) in [5.74, 6) is 1.02. The lowest BCUT2D eigenvalue weighted by Crippen LogP contribution is -2.44. The fourth-order valence-electron chi connectivity index (χ4n) is 8.65. The van der Waals surface area contributed by atoms with E-state index in [1.165, 1.54) is 83.0 Å². The molecule has 0 saturated carbocycles. The van der Waals surface area contributed by atoms with E-state index >= 15 is 0 Å². The predicted octanol–water partition coefficient (Wildman–Crippen LogP) is 13.5. The van der Waals surface area contributed by atoms with Gasteiger partial charge in [-0.15, -0.1) is 0 Å². The number of benzene rings is 4. The number of hydrogen-bond donors (Lipinski definition) is 0.